The van der Waals surface area contributed by atoms with Crippen molar-refractivity contribution in [3.8, 4) is 0 Å². The van der Waals surface area contributed by atoms with Crippen molar-refractivity contribution in [3.05, 3.63) is 12.7 Å². The monoisotopic (exact) mass is 452 g/mol. The zero-order chi connectivity index (χ0) is 22.9. The van der Waals surface area contributed by atoms with Crippen LogP contribution in [0.2, 0.25) is 0 Å². The van der Waals surface area contributed by atoms with Crippen LogP contribution in [0, 0.1) is 17.8 Å². The first-order chi connectivity index (χ1) is 14.8. The van der Waals surface area contributed by atoms with E-state index >= 15 is 0 Å². The first kappa shape index (κ1) is 24.1. The molecule has 3 aliphatic rings. The maximum Gasteiger partial charge on any atom is 0.310 e. The van der Waals surface area contributed by atoms with Crippen LogP contribution in [0.15, 0.2) is 12.7 Å². The molecule has 7 atom stereocenters. The first-order valence-electron chi connectivity index (χ1n) is 11.5. The molecule has 0 aromatic carbocycles. The van der Waals surface area contributed by atoms with E-state index in [0.29, 0.717) is 13.1 Å². The number of unbranched alkanes of at least 4 members (excludes halogenated alkanes) is 1. The molecule has 2 bridgehead atoms. The van der Waals surface area contributed by atoms with Crippen LogP contribution >= 0.6 is 11.8 Å². The Morgan fingerprint density at radius 2 is 2.16 bits per heavy atom. The molecule has 3 fully saturated rings. The maximum atomic E-state index is 14.0. The minimum absolute atomic E-state index is 0.0200. The lowest BCUT2D eigenvalue weighted by atomic mass is 9.66. The van der Waals surface area contributed by atoms with Gasteiger partial charge in [0.15, 0.2) is 0 Å². The molecule has 0 saturated carbocycles. The van der Waals surface area contributed by atoms with Gasteiger partial charge in [0.2, 0.25) is 11.8 Å². The Bertz CT molecular complexity index is 731. The molecule has 3 heterocycles. The number of hydrogen-bond acceptors (Lipinski definition) is 6. The van der Waals surface area contributed by atoms with Gasteiger partial charge in [0.25, 0.3) is 0 Å². The van der Waals surface area contributed by atoms with E-state index in [1.807, 2.05) is 0 Å². The molecule has 0 aromatic rings. The van der Waals surface area contributed by atoms with E-state index in [2.05, 4.69) is 20.4 Å². The normalized spacial score (nSPS) is 34.5. The number of nitrogens with zero attached hydrogens (tertiary/aromatic N) is 2. The first-order valence-corrected chi connectivity index (χ1v) is 12.3. The van der Waals surface area contributed by atoms with Crippen LogP contribution in [0.25, 0.3) is 0 Å². The number of aliphatic hydroxyl groups excluding tert-OH is 1. The molecule has 1 spiro atoms. The van der Waals surface area contributed by atoms with Crippen molar-refractivity contribution in [1.29, 1.82) is 0 Å². The number of fused-ring (bicyclic) bond motifs is 1. The second-order valence-corrected chi connectivity index (χ2v) is 10.6. The molecule has 8 heteroatoms. The molecule has 174 valence electrons. The summed E-state index contributed by atoms with van der Waals surface area (Å²) in [4.78, 5) is 43.9. The Morgan fingerprint density at radius 1 is 1.45 bits per heavy atom. The van der Waals surface area contributed by atoms with Gasteiger partial charge in [0.1, 0.15) is 6.04 Å². The van der Waals surface area contributed by atoms with Crippen molar-refractivity contribution >= 4 is 29.5 Å². The van der Waals surface area contributed by atoms with Crippen LogP contribution in [0.3, 0.4) is 0 Å². The highest BCUT2D eigenvalue weighted by molar-refractivity contribution is 8.02. The van der Waals surface area contributed by atoms with Crippen molar-refractivity contribution < 1.29 is 24.2 Å². The molecule has 3 unspecified atom stereocenters. The fourth-order valence-corrected chi connectivity index (χ4v) is 8.17. The van der Waals surface area contributed by atoms with Crippen LogP contribution in [0.1, 0.15) is 47.0 Å². The molecule has 2 amide bonds. The molecule has 3 saturated heterocycles. The Morgan fingerprint density at radius 3 is 2.74 bits per heavy atom. The zero-order valence-corrected chi connectivity index (χ0v) is 19.9. The van der Waals surface area contributed by atoms with Crippen LogP contribution in [-0.4, -0.2) is 81.1 Å². The fraction of sp³-hybridized carbons (Fsp3) is 0.783. The van der Waals surface area contributed by atoms with Gasteiger partial charge >= 0.3 is 5.97 Å². The maximum absolute atomic E-state index is 14.0. The lowest BCUT2D eigenvalue weighted by Crippen LogP contribution is -2.59. The van der Waals surface area contributed by atoms with Crippen molar-refractivity contribution in [3.63, 3.8) is 0 Å². The van der Waals surface area contributed by atoms with E-state index in [0.717, 1.165) is 19.3 Å². The molecule has 3 rings (SSSR count). The molecule has 31 heavy (non-hydrogen) atoms. The molecular formula is C23H36N2O5S. The number of thioether (sulfide) groups is 1. The molecule has 1 N–H and O–H groups in total. The third-order valence-corrected chi connectivity index (χ3v) is 9.23. The third-order valence-electron chi connectivity index (χ3n) is 7.16. The van der Waals surface area contributed by atoms with Gasteiger partial charge in [0.05, 0.1) is 35.8 Å². The van der Waals surface area contributed by atoms with Gasteiger partial charge < -0.3 is 19.6 Å². The Kier molecular flexibility index (Phi) is 7.41. The number of carbonyl (C=O) groups is 3. The van der Waals surface area contributed by atoms with E-state index in [4.69, 9.17) is 4.74 Å². The topological polar surface area (TPSA) is 87.2 Å². The van der Waals surface area contributed by atoms with Crippen LogP contribution in [0.4, 0.5) is 0 Å². The SMILES string of the molecule is C=CCN(CCCC)C(=O)C1N([C@H](C)CO)C(=O)[C@@H]2[C@@H](C(=O)OCC)[C@H]3CC(C)C12S3. The summed E-state index contributed by atoms with van der Waals surface area (Å²) in [6, 6.07) is -1.21. The smallest absolute Gasteiger partial charge is 0.310 e. The van der Waals surface area contributed by atoms with E-state index in [-0.39, 0.29) is 42.2 Å². The van der Waals surface area contributed by atoms with E-state index in [1.165, 1.54) is 0 Å². The molecule has 0 aromatic heterocycles. The number of amides is 2. The minimum Gasteiger partial charge on any atom is -0.466 e. The summed E-state index contributed by atoms with van der Waals surface area (Å²) in [6.45, 7) is 12.5. The summed E-state index contributed by atoms with van der Waals surface area (Å²) in [7, 11) is 0. The summed E-state index contributed by atoms with van der Waals surface area (Å²) in [5, 5.41) is 9.90. The third kappa shape index (κ3) is 3.69. The summed E-state index contributed by atoms with van der Waals surface area (Å²) in [5.74, 6) is -1.68. The van der Waals surface area contributed by atoms with Gasteiger partial charge in [-0.1, -0.05) is 26.3 Å². The number of carbonyl (C=O) groups excluding carboxylic acids is 3. The van der Waals surface area contributed by atoms with Crippen molar-refractivity contribution in [1.82, 2.24) is 9.80 Å². The lowest BCUT2D eigenvalue weighted by Gasteiger charge is -2.41. The summed E-state index contributed by atoms with van der Waals surface area (Å²) in [6.07, 6.45) is 4.30. The van der Waals surface area contributed by atoms with Gasteiger partial charge in [-0.2, -0.15) is 0 Å². The highest BCUT2D eigenvalue weighted by Crippen LogP contribution is 2.69. The Hall–Kier alpha value is -1.54. The average Bonchev–Trinajstić information content (AvgIpc) is 3.34. The second-order valence-electron chi connectivity index (χ2n) is 9.01. The number of esters is 1. The Labute approximate surface area is 189 Å². The van der Waals surface area contributed by atoms with E-state index in [1.54, 1.807) is 41.5 Å². The van der Waals surface area contributed by atoms with Crippen molar-refractivity contribution in [2.45, 2.75) is 69.0 Å². The highest BCUT2D eigenvalue weighted by atomic mass is 32.2. The van der Waals surface area contributed by atoms with Gasteiger partial charge in [-0.15, -0.1) is 18.3 Å². The molecule has 3 aliphatic heterocycles. The largest absolute Gasteiger partial charge is 0.466 e. The summed E-state index contributed by atoms with van der Waals surface area (Å²) >= 11 is 1.63. The molecular weight excluding hydrogens is 416 g/mol. The summed E-state index contributed by atoms with van der Waals surface area (Å²) < 4.78 is 4.67. The van der Waals surface area contributed by atoms with Crippen molar-refractivity contribution in [2.75, 3.05) is 26.3 Å². The predicted molar refractivity (Wildman–Crippen MR) is 120 cm³/mol. The quantitative estimate of drug-likeness (QED) is 0.403. The van der Waals surface area contributed by atoms with Crippen molar-refractivity contribution in [2.24, 2.45) is 17.8 Å². The van der Waals surface area contributed by atoms with Crippen LogP contribution < -0.4 is 0 Å². The number of likely N-dealkylation sites (tertiary alicyclic amines) is 1. The van der Waals surface area contributed by atoms with Crippen LogP contribution in [0.5, 0.6) is 0 Å². The molecule has 0 aliphatic carbocycles. The van der Waals surface area contributed by atoms with Gasteiger partial charge in [0, 0.05) is 18.3 Å². The molecule has 7 nitrogen and oxygen atoms in total. The summed E-state index contributed by atoms with van der Waals surface area (Å²) in [5.41, 5.74) is 0. The highest BCUT2D eigenvalue weighted by Gasteiger charge is 2.76. The number of hydrogen-bond donors (Lipinski definition) is 1. The number of rotatable bonds is 10. The second kappa shape index (κ2) is 9.53. The van der Waals surface area contributed by atoms with E-state index in [9.17, 15) is 19.5 Å². The lowest BCUT2D eigenvalue weighted by molar-refractivity contribution is -0.154. The van der Waals surface area contributed by atoms with Gasteiger partial charge in [-0.3, -0.25) is 14.4 Å². The predicted octanol–water partition coefficient (Wildman–Crippen LogP) is 2.08. The zero-order valence-electron chi connectivity index (χ0n) is 19.1. The number of aliphatic hydroxyl groups is 1. The van der Waals surface area contributed by atoms with Gasteiger partial charge in [-0.05, 0) is 32.6 Å². The minimum atomic E-state index is -0.701. The number of ether oxygens (including phenoxy) is 1. The van der Waals surface area contributed by atoms with Gasteiger partial charge in [-0.25, -0.2) is 0 Å². The molecule has 0 radical (unpaired) electrons. The Balaban J connectivity index is 2.07. The fourth-order valence-electron chi connectivity index (χ4n) is 5.78. The standard InChI is InChI=1S/C23H36N2O5S/c1-6-9-11-24(10-7-2)21(28)19-23-14(4)12-16(31-23)17(22(29)30-8-3)18(23)20(27)25(19)15(5)13-26/h7,14-19,26H,2,6,8-13H2,1,3-5H3/t14?,15-,16-,17+,18+,19?,23?/m1/s1. The van der Waals surface area contributed by atoms with E-state index < -0.39 is 28.7 Å². The average molecular weight is 453 g/mol. The van der Waals surface area contributed by atoms with Crippen LogP contribution in [-0.2, 0) is 19.1 Å².